The molecule has 86 valence electrons. The Balaban J connectivity index is 2.09. The number of aryl methyl sites for hydroxylation is 2. The van der Waals surface area contributed by atoms with Crippen LogP contribution in [0.3, 0.4) is 0 Å². The van der Waals surface area contributed by atoms with Crippen molar-refractivity contribution in [1.29, 1.82) is 0 Å². The van der Waals surface area contributed by atoms with Crippen LogP contribution in [-0.4, -0.2) is 0 Å². The Morgan fingerprint density at radius 3 is 2.18 bits per heavy atom. The van der Waals surface area contributed by atoms with Crippen molar-refractivity contribution in [1.82, 2.24) is 0 Å². The summed E-state index contributed by atoms with van der Waals surface area (Å²) >= 11 is 12.1. The van der Waals surface area contributed by atoms with Crippen molar-refractivity contribution in [3.05, 3.63) is 57.6 Å². The van der Waals surface area contributed by atoms with Crippen molar-refractivity contribution in [3.8, 4) is 11.1 Å². The summed E-state index contributed by atoms with van der Waals surface area (Å²) in [5.74, 6) is 0. The van der Waals surface area contributed by atoms with Crippen LogP contribution in [0.2, 0.25) is 10.0 Å². The van der Waals surface area contributed by atoms with Crippen LogP contribution in [0.1, 0.15) is 17.5 Å². The molecule has 0 fully saturated rings. The highest BCUT2D eigenvalue weighted by atomic mass is 35.5. The van der Waals surface area contributed by atoms with Gasteiger partial charge >= 0.3 is 0 Å². The van der Waals surface area contributed by atoms with Crippen LogP contribution in [0.5, 0.6) is 0 Å². The molecule has 0 aliphatic heterocycles. The first-order valence-corrected chi connectivity index (χ1v) is 6.56. The molecule has 0 radical (unpaired) electrons. The first kappa shape index (κ1) is 11.1. The normalized spacial score (nSPS) is 13.8. The van der Waals surface area contributed by atoms with Crippen molar-refractivity contribution in [2.24, 2.45) is 0 Å². The number of benzene rings is 2. The summed E-state index contributed by atoms with van der Waals surface area (Å²) in [4.78, 5) is 0. The van der Waals surface area contributed by atoms with Gasteiger partial charge in [-0.1, -0.05) is 41.4 Å². The second kappa shape index (κ2) is 4.36. The van der Waals surface area contributed by atoms with Crippen molar-refractivity contribution in [3.63, 3.8) is 0 Å². The molecule has 0 spiro atoms. The zero-order valence-electron chi connectivity index (χ0n) is 9.34. The maximum absolute atomic E-state index is 6.03. The average Bonchev–Trinajstić information content (AvgIpc) is 2.74. The molecule has 0 saturated heterocycles. The largest absolute Gasteiger partial charge is 0.0843 e. The third-order valence-electron chi connectivity index (χ3n) is 3.29. The number of hydrogen-bond donors (Lipinski definition) is 0. The Hall–Kier alpha value is -0.980. The molecule has 2 aromatic rings. The SMILES string of the molecule is Clc1cc(Cl)cc(-c2ccc3c(c2)CCC3)c1. The lowest BCUT2D eigenvalue weighted by molar-refractivity contribution is 0.912. The minimum atomic E-state index is 0.688. The minimum absolute atomic E-state index is 0.688. The standard InChI is InChI=1S/C15H12Cl2/c16-14-7-13(8-15(17)9-14)12-5-4-10-2-1-3-11(10)6-12/h4-9H,1-3H2. The Labute approximate surface area is 111 Å². The maximum Gasteiger partial charge on any atom is 0.0426 e. The summed E-state index contributed by atoms with van der Waals surface area (Å²) in [6, 6.07) is 12.3. The van der Waals surface area contributed by atoms with Crippen LogP contribution in [0.25, 0.3) is 11.1 Å². The van der Waals surface area contributed by atoms with E-state index in [1.807, 2.05) is 12.1 Å². The average molecular weight is 263 g/mol. The van der Waals surface area contributed by atoms with Crippen LogP contribution in [0.15, 0.2) is 36.4 Å². The fourth-order valence-corrected chi connectivity index (χ4v) is 3.00. The van der Waals surface area contributed by atoms with E-state index in [4.69, 9.17) is 23.2 Å². The van der Waals surface area contributed by atoms with Crippen molar-refractivity contribution < 1.29 is 0 Å². The van der Waals surface area contributed by atoms with E-state index in [2.05, 4.69) is 18.2 Å². The van der Waals surface area contributed by atoms with Gasteiger partial charge in [0.25, 0.3) is 0 Å². The second-order valence-corrected chi connectivity index (χ2v) is 5.37. The molecule has 0 nitrogen and oxygen atoms in total. The lowest BCUT2D eigenvalue weighted by Crippen LogP contribution is -1.85. The number of hydrogen-bond acceptors (Lipinski definition) is 0. The van der Waals surface area contributed by atoms with E-state index in [1.54, 1.807) is 6.07 Å². The Morgan fingerprint density at radius 2 is 1.41 bits per heavy atom. The maximum atomic E-state index is 6.03. The van der Waals surface area contributed by atoms with E-state index in [-0.39, 0.29) is 0 Å². The van der Waals surface area contributed by atoms with Crippen molar-refractivity contribution >= 4 is 23.2 Å². The lowest BCUT2D eigenvalue weighted by atomic mass is 10.0. The predicted molar refractivity (Wildman–Crippen MR) is 73.9 cm³/mol. The van der Waals surface area contributed by atoms with Gasteiger partial charge in [-0.25, -0.2) is 0 Å². The van der Waals surface area contributed by atoms with E-state index in [9.17, 15) is 0 Å². The van der Waals surface area contributed by atoms with E-state index in [0.29, 0.717) is 10.0 Å². The molecular formula is C15H12Cl2. The van der Waals surface area contributed by atoms with Crippen molar-refractivity contribution in [2.45, 2.75) is 19.3 Å². The summed E-state index contributed by atoms with van der Waals surface area (Å²) < 4.78 is 0. The zero-order chi connectivity index (χ0) is 11.8. The third-order valence-corrected chi connectivity index (χ3v) is 3.73. The molecule has 0 heterocycles. The molecule has 1 aliphatic rings. The van der Waals surface area contributed by atoms with Gasteiger partial charge in [0.2, 0.25) is 0 Å². The molecule has 0 bridgehead atoms. The van der Waals surface area contributed by atoms with Crippen LogP contribution in [-0.2, 0) is 12.8 Å². The summed E-state index contributed by atoms with van der Waals surface area (Å²) in [6.45, 7) is 0. The van der Waals surface area contributed by atoms with E-state index in [0.717, 1.165) is 5.56 Å². The van der Waals surface area contributed by atoms with E-state index >= 15 is 0 Å². The summed E-state index contributed by atoms with van der Waals surface area (Å²) in [5.41, 5.74) is 5.26. The molecular weight excluding hydrogens is 251 g/mol. The van der Waals surface area contributed by atoms with E-state index in [1.165, 1.54) is 36.0 Å². The molecule has 0 saturated carbocycles. The molecule has 2 heteroatoms. The second-order valence-electron chi connectivity index (χ2n) is 4.50. The van der Waals surface area contributed by atoms with Gasteiger partial charge in [-0.3, -0.25) is 0 Å². The Bertz CT molecular complexity index is 553. The summed E-state index contributed by atoms with van der Waals surface area (Å²) in [5, 5.41) is 1.38. The fraction of sp³-hybridized carbons (Fsp3) is 0.200. The first-order valence-electron chi connectivity index (χ1n) is 5.81. The Morgan fingerprint density at radius 1 is 0.706 bits per heavy atom. The molecule has 17 heavy (non-hydrogen) atoms. The molecule has 3 rings (SSSR count). The summed E-state index contributed by atoms with van der Waals surface area (Å²) in [7, 11) is 0. The smallest absolute Gasteiger partial charge is 0.0426 e. The molecule has 0 amide bonds. The van der Waals surface area contributed by atoms with Crippen LogP contribution in [0.4, 0.5) is 0 Å². The zero-order valence-corrected chi connectivity index (χ0v) is 10.9. The lowest BCUT2D eigenvalue weighted by Gasteiger charge is -2.06. The molecule has 0 unspecified atom stereocenters. The monoisotopic (exact) mass is 262 g/mol. The quantitative estimate of drug-likeness (QED) is 0.667. The van der Waals surface area contributed by atoms with Gasteiger partial charge in [0.1, 0.15) is 0 Å². The molecule has 1 aliphatic carbocycles. The number of fused-ring (bicyclic) bond motifs is 1. The van der Waals surface area contributed by atoms with Crippen LogP contribution in [0, 0.1) is 0 Å². The van der Waals surface area contributed by atoms with Gasteiger partial charge in [-0.15, -0.1) is 0 Å². The summed E-state index contributed by atoms with van der Waals surface area (Å²) in [6.07, 6.45) is 3.68. The fourth-order valence-electron chi connectivity index (χ4n) is 2.47. The third kappa shape index (κ3) is 2.20. The van der Waals surface area contributed by atoms with Gasteiger partial charge in [-0.2, -0.15) is 0 Å². The van der Waals surface area contributed by atoms with Gasteiger partial charge < -0.3 is 0 Å². The van der Waals surface area contributed by atoms with E-state index < -0.39 is 0 Å². The molecule has 2 aromatic carbocycles. The van der Waals surface area contributed by atoms with Gasteiger partial charge in [-0.05, 0) is 59.7 Å². The highest BCUT2D eigenvalue weighted by Crippen LogP contribution is 2.31. The topological polar surface area (TPSA) is 0 Å². The van der Waals surface area contributed by atoms with Gasteiger partial charge in [0.15, 0.2) is 0 Å². The van der Waals surface area contributed by atoms with Gasteiger partial charge in [0, 0.05) is 10.0 Å². The Kier molecular flexibility index (Phi) is 2.85. The molecule has 0 N–H and O–H groups in total. The number of rotatable bonds is 1. The van der Waals surface area contributed by atoms with Gasteiger partial charge in [0.05, 0.1) is 0 Å². The number of halogens is 2. The highest BCUT2D eigenvalue weighted by Gasteiger charge is 2.11. The predicted octanol–water partition coefficient (Wildman–Crippen LogP) is 5.15. The minimum Gasteiger partial charge on any atom is -0.0843 e. The first-order chi connectivity index (χ1) is 8.22. The van der Waals surface area contributed by atoms with Crippen LogP contribution < -0.4 is 0 Å². The molecule has 0 aromatic heterocycles. The molecule has 0 atom stereocenters. The highest BCUT2D eigenvalue weighted by molar-refractivity contribution is 6.35. The van der Waals surface area contributed by atoms with Crippen LogP contribution >= 0.6 is 23.2 Å². The van der Waals surface area contributed by atoms with Crippen molar-refractivity contribution in [2.75, 3.05) is 0 Å².